The van der Waals surface area contributed by atoms with E-state index in [-0.39, 0.29) is 11.8 Å². The fourth-order valence-corrected chi connectivity index (χ4v) is 2.22. The second kappa shape index (κ2) is 4.68. The third-order valence-electron chi connectivity index (χ3n) is 3.46. The standard InChI is InChI=1S/C12H19N3O/c1-8-3-5-10(6-4-8)12(16)14-11-9(2)7-13-15-11/h7-8,10H,3-6H2,1-2H3,(H2,13,14,15,16). The van der Waals surface area contributed by atoms with Crippen molar-refractivity contribution in [2.45, 2.75) is 39.5 Å². The predicted molar refractivity (Wildman–Crippen MR) is 63.1 cm³/mol. The van der Waals surface area contributed by atoms with Gasteiger partial charge in [-0.25, -0.2) is 0 Å². The molecule has 0 aliphatic heterocycles. The van der Waals surface area contributed by atoms with Gasteiger partial charge in [-0.05, 0) is 38.5 Å². The monoisotopic (exact) mass is 221 g/mol. The second-order valence-corrected chi connectivity index (χ2v) is 4.87. The average Bonchev–Trinajstić information content (AvgIpc) is 2.65. The Balaban J connectivity index is 1.91. The number of H-pyrrole nitrogens is 1. The molecule has 1 amide bonds. The molecule has 0 atom stereocenters. The molecular formula is C12H19N3O. The Morgan fingerprint density at radius 1 is 1.44 bits per heavy atom. The summed E-state index contributed by atoms with van der Waals surface area (Å²) in [6, 6.07) is 0. The van der Waals surface area contributed by atoms with Crippen molar-refractivity contribution in [1.29, 1.82) is 0 Å². The van der Waals surface area contributed by atoms with Gasteiger partial charge in [0.25, 0.3) is 0 Å². The van der Waals surface area contributed by atoms with Crippen molar-refractivity contribution in [3.8, 4) is 0 Å². The fourth-order valence-electron chi connectivity index (χ4n) is 2.22. The number of carbonyl (C=O) groups excluding carboxylic acids is 1. The molecule has 1 fully saturated rings. The van der Waals surface area contributed by atoms with Crippen molar-refractivity contribution in [1.82, 2.24) is 10.2 Å². The zero-order chi connectivity index (χ0) is 11.5. The first kappa shape index (κ1) is 11.2. The van der Waals surface area contributed by atoms with E-state index in [0.29, 0.717) is 0 Å². The molecule has 1 heterocycles. The zero-order valence-electron chi connectivity index (χ0n) is 9.92. The van der Waals surface area contributed by atoms with Crippen LogP contribution >= 0.6 is 0 Å². The molecule has 4 nitrogen and oxygen atoms in total. The van der Waals surface area contributed by atoms with Crippen LogP contribution in [0.15, 0.2) is 6.20 Å². The Hall–Kier alpha value is -1.32. The van der Waals surface area contributed by atoms with Gasteiger partial charge in [0.2, 0.25) is 5.91 Å². The van der Waals surface area contributed by atoms with Crippen LogP contribution in [0.4, 0.5) is 5.82 Å². The van der Waals surface area contributed by atoms with Gasteiger partial charge in [-0.3, -0.25) is 9.89 Å². The van der Waals surface area contributed by atoms with Crippen molar-refractivity contribution in [3.05, 3.63) is 11.8 Å². The first-order valence-corrected chi connectivity index (χ1v) is 5.97. The molecule has 0 radical (unpaired) electrons. The van der Waals surface area contributed by atoms with Gasteiger partial charge in [-0.15, -0.1) is 0 Å². The maximum atomic E-state index is 12.0. The number of hydrogen-bond acceptors (Lipinski definition) is 2. The van der Waals surface area contributed by atoms with Crippen LogP contribution < -0.4 is 5.32 Å². The molecule has 0 aromatic carbocycles. The van der Waals surface area contributed by atoms with Gasteiger partial charge in [0.15, 0.2) is 0 Å². The van der Waals surface area contributed by atoms with Crippen LogP contribution in [-0.4, -0.2) is 16.1 Å². The van der Waals surface area contributed by atoms with Crippen LogP contribution in [0.25, 0.3) is 0 Å². The van der Waals surface area contributed by atoms with E-state index >= 15 is 0 Å². The normalized spacial score (nSPS) is 25.4. The Labute approximate surface area is 95.8 Å². The van der Waals surface area contributed by atoms with E-state index in [1.54, 1.807) is 6.20 Å². The number of hydrogen-bond donors (Lipinski definition) is 2. The highest BCUT2D eigenvalue weighted by molar-refractivity contribution is 5.92. The fraction of sp³-hybridized carbons (Fsp3) is 0.667. The summed E-state index contributed by atoms with van der Waals surface area (Å²) in [5.74, 6) is 1.83. The lowest BCUT2D eigenvalue weighted by atomic mass is 9.82. The van der Waals surface area contributed by atoms with E-state index in [1.807, 2.05) is 6.92 Å². The third-order valence-corrected chi connectivity index (χ3v) is 3.46. The maximum absolute atomic E-state index is 12.0. The van der Waals surface area contributed by atoms with Gasteiger partial charge in [0, 0.05) is 11.5 Å². The SMILES string of the molecule is Cc1cn[nH]c1NC(=O)C1CCC(C)CC1. The highest BCUT2D eigenvalue weighted by atomic mass is 16.1. The van der Waals surface area contributed by atoms with Gasteiger partial charge >= 0.3 is 0 Å². The average molecular weight is 221 g/mol. The van der Waals surface area contributed by atoms with Gasteiger partial charge in [0.1, 0.15) is 5.82 Å². The smallest absolute Gasteiger partial charge is 0.228 e. The lowest BCUT2D eigenvalue weighted by Gasteiger charge is -2.25. The van der Waals surface area contributed by atoms with Crippen LogP contribution in [0, 0.1) is 18.8 Å². The molecule has 0 unspecified atom stereocenters. The number of aryl methyl sites for hydroxylation is 1. The molecule has 88 valence electrons. The van der Waals surface area contributed by atoms with E-state index in [1.165, 1.54) is 12.8 Å². The van der Waals surface area contributed by atoms with Crippen molar-refractivity contribution in [2.24, 2.45) is 11.8 Å². The molecule has 1 aliphatic rings. The van der Waals surface area contributed by atoms with Crippen LogP contribution in [-0.2, 0) is 4.79 Å². The van der Waals surface area contributed by atoms with Crippen molar-refractivity contribution in [3.63, 3.8) is 0 Å². The molecule has 0 saturated heterocycles. The topological polar surface area (TPSA) is 57.8 Å². The Morgan fingerprint density at radius 2 is 2.12 bits per heavy atom. The number of nitrogens with one attached hydrogen (secondary N) is 2. The first-order valence-electron chi connectivity index (χ1n) is 5.97. The molecule has 1 aromatic heterocycles. The van der Waals surface area contributed by atoms with E-state index in [0.717, 1.165) is 30.1 Å². The zero-order valence-corrected chi connectivity index (χ0v) is 9.92. The predicted octanol–water partition coefficient (Wildman–Crippen LogP) is 2.48. The quantitative estimate of drug-likeness (QED) is 0.806. The summed E-state index contributed by atoms with van der Waals surface area (Å²) in [5.41, 5.74) is 0.984. The lowest BCUT2D eigenvalue weighted by Crippen LogP contribution is -2.27. The number of aromatic amines is 1. The minimum atomic E-state index is 0.138. The number of anilines is 1. The van der Waals surface area contributed by atoms with Crippen LogP contribution in [0.5, 0.6) is 0 Å². The van der Waals surface area contributed by atoms with Gasteiger partial charge in [-0.1, -0.05) is 6.92 Å². The van der Waals surface area contributed by atoms with Gasteiger partial charge in [-0.2, -0.15) is 5.10 Å². The molecule has 4 heteroatoms. The first-order chi connectivity index (χ1) is 7.66. The van der Waals surface area contributed by atoms with Crippen molar-refractivity contribution < 1.29 is 4.79 Å². The van der Waals surface area contributed by atoms with Gasteiger partial charge < -0.3 is 5.32 Å². The van der Waals surface area contributed by atoms with Crippen LogP contribution in [0.2, 0.25) is 0 Å². The Morgan fingerprint density at radius 3 is 2.69 bits per heavy atom. The summed E-state index contributed by atoms with van der Waals surface area (Å²) < 4.78 is 0. The summed E-state index contributed by atoms with van der Waals surface area (Å²) in [4.78, 5) is 12.0. The largest absolute Gasteiger partial charge is 0.311 e. The summed E-state index contributed by atoms with van der Waals surface area (Å²) in [5, 5.41) is 9.61. The van der Waals surface area contributed by atoms with E-state index in [2.05, 4.69) is 22.4 Å². The molecule has 16 heavy (non-hydrogen) atoms. The molecular weight excluding hydrogens is 202 g/mol. The number of amides is 1. The minimum Gasteiger partial charge on any atom is -0.311 e. The van der Waals surface area contributed by atoms with Crippen molar-refractivity contribution in [2.75, 3.05) is 5.32 Å². The number of aromatic nitrogens is 2. The van der Waals surface area contributed by atoms with E-state index < -0.39 is 0 Å². The lowest BCUT2D eigenvalue weighted by molar-refractivity contribution is -0.121. The maximum Gasteiger partial charge on any atom is 0.228 e. The van der Waals surface area contributed by atoms with Crippen molar-refractivity contribution >= 4 is 11.7 Å². The van der Waals surface area contributed by atoms with Gasteiger partial charge in [0.05, 0.1) is 6.20 Å². The molecule has 1 saturated carbocycles. The van der Waals surface area contributed by atoms with Crippen LogP contribution in [0.3, 0.4) is 0 Å². The number of rotatable bonds is 2. The summed E-state index contributed by atoms with van der Waals surface area (Å²) in [6.45, 7) is 4.19. The summed E-state index contributed by atoms with van der Waals surface area (Å²) in [7, 11) is 0. The second-order valence-electron chi connectivity index (χ2n) is 4.87. The van der Waals surface area contributed by atoms with E-state index in [4.69, 9.17) is 0 Å². The number of carbonyl (C=O) groups is 1. The summed E-state index contributed by atoms with van der Waals surface area (Å²) >= 11 is 0. The molecule has 0 bridgehead atoms. The summed E-state index contributed by atoms with van der Waals surface area (Å²) in [6.07, 6.45) is 6.08. The third kappa shape index (κ3) is 2.43. The van der Waals surface area contributed by atoms with Crippen LogP contribution in [0.1, 0.15) is 38.2 Å². The Bertz CT molecular complexity index is 364. The number of nitrogens with zero attached hydrogens (tertiary/aromatic N) is 1. The molecule has 2 rings (SSSR count). The highest BCUT2D eigenvalue weighted by Crippen LogP contribution is 2.29. The molecule has 1 aliphatic carbocycles. The van der Waals surface area contributed by atoms with E-state index in [9.17, 15) is 4.79 Å². The molecule has 2 N–H and O–H groups in total. The molecule has 0 spiro atoms. The molecule has 1 aromatic rings. The minimum absolute atomic E-state index is 0.138. The highest BCUT2D eigenvalue weighted by Gasteiger charge is 2.24. The Kier molecular flexibility index (Phi) is 3.27.